The van der Waals surface area contributed by atoms with Gasteiger partial charge in [0.05, 0.1) is 6.42 Å². The van der Waals surface area contributed by atoms with E-state index in [2.05, 4.69) is 21.2 Å². The van der Waals surface area contributed by atoms with Crippen molar-refractivity contribution in [2.24, 2.45) is 0 Å². The highest BCUT2D eigenvalue weighted by atomic mass is 79.9. The topological polar surface area (TPSA) is 29.1 Å². The lowest BCUT2D eigenvalue weighted by molar-refractivity contribution is -0.122. The van der Waals surface area contributed by atoms with E-state index in [4.69, 9.17) is 0 Å². The van der Waals surface area contributed by atoms with Crippen LogP contribution in [0.1, 0.15) is 32.3 Å². The molecule has 0 aliphatic heterocycles. The Kier molecular flexibility index (Phi) is 5.79. The highest BCUT2D eigenvalue weighted by molar-refractivity contribution is 9.09. The van der Waals surface area contributed by atoms with Crippen molar-refractivity contribution in [3.63, 3.8) is 0 Å². The summed E-state index contributed by atoms with van der Waals surface area (Å²) in [4.78, 5) is 12.0. The number of hydrogen-bond donors (Lipinski definition) is 1. The minimum absolute atomic E-state index is 0.0847. The molecule has 18 heavy (non-hydrogen) atoms. The minimum Gasteiger partial charge on any atom is -0.350 e. The first-order chi connectivity index (χ1) is 8.56. The van der Waals surface area contributed by atoms with Gasteiger partial charge in [-0.1, -0.05) is 48.0 Å². The van der Waals surface area contributed by atoms with E-state index in [9.17, 15) is 9.18 Å². The predicted molar refractivity (Wildman–Crippen MR) is 75.4 cm³/mol. The predicted octanol–water partition coefficient (Wildman–Crippen LogP) is 3.44. The van der Waals surface area contributed by atoms with Crippen LogP contribution >= 0.6 is 15.9 Å². The average Bonchev–Trinajstić information content (AvgIpc) is 2.39. The molecule has 0 spiro atoms. The second-order valence-corrected chi connectivity index (χ2v) is 5.00. The van der Waals surface area contributed by atoms with Gasteiger partial charge < -0.3 is 5.32 Å². The number of carbonyl (C=O) groups is 1. The van der Waals surface area contributed by atoms with E-state index in [0.29, 0.717) is 10.9 Å². The SMILES string of the molecule is CCC(CC)(CBr)NC(=O)Cc1ccccc1F. The molecule has 0 aliphatic rings. The van der Waals surface area contributed by atoms with Crippen LogP contribution in [0.4, 0.5) is 4.39 Å². The molecule has 1 N–H and O–H groups in total. The molecule has 0 saturated heterocycles. The summed E-state index contributed by atoms with van der Waals surface area (Å²) in [5.41, 5.74) is 0.202. The summed E-state index contributed by atoms with van der Waals surface area (Å²) in [6.07, 6.45) is 1.77. The van der Waals surface area contributed by atoms with Gasteiger partial charge in [0.15, 0.2) is 0 Å². The number of halogens is 2. The van der Waals surface area contributed by atoms with E-state index in [1.165, 1.54) is 6.07 Å². The second-order valence-electron chi connectivity index (χ2n) is 4.44. The summed E-state index contributed by atoms with van der Waals surface area (Å²) in [7, 11) is 0. The quantitative estimate of drug-likeness (QED) is 0.800. The van der Waals surface area contributed by atoms with Gasteiger partial charge in [0, 0.05) is 10.9 Å². The van der Waals surface area contributed by atoms with Gasteiger partial charge in [0.2, 0.25) is 5.91 Å². The maximum Gasteiger partial charge on any atom is 0.224 e. The van der Waals surface area contributed by atoms with Gasteiger partial charge in [-0.2, -0.15) is 0 Å². The standard InChI is InChI=1S/C14H19BrFNO/c1-3-14(4-2,10-15)17-13(18)9-11-7-5-6-8-12(11)16/h5-8H,3-4,9-10H2,1-2H3,(H,17,18). The smallest absolute Gasteiger partial charge is 0.224 e. The van der Waals surface area contributed by atoms with E-state index >= 15 is 0 Å². The molecule has 2 nitrogen and oxygen atoms in total. The maximum absolute atomic E-state index is 13.4. The van der Waals surface area contributed by atoms with E-state index in [0.717, 1.165) is 12.8 Å². The van der Waals surface area contributed by atoms with Crippen molar-refractivity contribution in [2.45, 2.75) is 38.6 Å². The number of amides is 1. The van der Waals surface area contributed by atoms with Gasteiger partial charge in [-0.3, -0.25) is 4.79 Å². The summed E-state index contributed by atoms with van der Waals surface area (Å²) in [5, 5.41) is 3.71. The summed E-state index contributed by atoms with van der Waals surface area (Å²) in [6, 6.07) is 6.38. The second kappa shape index (κ2) is 6.88. The van der Waals surface area contributed by atoms with Crippen LogP contribution in [0.3, 0.4) is 0 Å². The first-order valence-corrected chi connectivity index (χ1v) is 7.29. The Labute approximate surface area is 116 Å². The molecule has 0 bridgehead atoms. The Morgan fingerprint density at radius 1 is 1.33 bits per heavy atom. The molecule has 1 amide bonds. The summed E-state index contributed by atoms with van der Waals surface area (Å²) >= 11 is 3.43. The zero-order chi connectivity index (χ0) is 13.6. The first kappa shape index (κ1) is 15.2. The van der Waals surface area contributed by atoms with Crippen LogP contribution in [-0.2, 0) is 11.2 Å². The molecule has 0 saturated carbocycles. The number of hydrogen-bond acceptors (Lipinski definition) is 1. The van der Waals surface area contributed by atoms with Crippen LogP contribution in [0.5, 0.6) is 0 Å². The van der Waals surface area contributed by atoms with Gasteiger partial charge in [-0.05, 0) is 24.5 Å². The third-order valence-corrected chi connectivity index (χ3v) is 4.40. The Morgan fingerprint density at radius 2 is 1.94 bits per heavy atom. The van der Waals surface area contributed by atoms with Crippen LogP contribution in [0.2, 0.25) is 0 Å². The fourth-order valence-electron chi connectivity index (χ4n) is 1.80. The van der Waals surface area contributed by atoms with Crippen molar-refractivity contribution >= 4 is 21.8 Å². The molecule has 0 aliphatic carbocycles. The third kappa shape index (κ3) is 3.80. The van der Waals surface area contributed by atoms with Crippen molar-refractivity contribution in [3.8, 4) is 0 Å². The fraction of sp³-hybridized carbons (Fsp3) is 0.500. The Bertz CT molecular complexity index is 396. The summed E-state index contributed by atoms with van der Waals surface area (Å²) < 4.78 is 13.4. The maximum atomic E-state index is 13.4. The molecule has 100 valence electrons. The van der Waals surface area contributed by atoms with Crippen molar-refractivity contribution in [1.29, 1.82) is 0 Å². The monoisotopic (exact) mass is 315 g/mol. The molecule has 1 aromatic carbocycles. The van der Waals surface area contributed by atoms with Crippen molar-refractivity contribution < 1.29 is 9.18 Å². The lowest BCUT2D eigenvalue weighted by atomic mass is 9.95. The molecule has 1 aromatic rings. The highest BCUT2D eigenvalue weighted by Gasteiger charge is 2.26. The highest BCUT2D eigenvalue weighted by Crippen LogP contribution is 2.18. The summed E-state index contributed by atoms with van der Waals surface area (Å²) in [6.45, 7) is 4.07. The van der Waals surface area contributed by atoms with E-state index in [1.807, 2.05) is 13.8 Å². The van der Waals surface area contributed by atoms with E-state index in [1.54, 1.807) is 18.2 Å². The minimum atomic E-state index is -0.329. The number of rotatable bonds is 6. The molecular weight excluding hydrogens is 297 g/mol. The lowest BCUT2D eigenvalue weighted by Crippen LogP contribution is -2.49. The Hall–Kier alpha value is -0.900. The van der Waals surface area contributed by atoms with Gasteiger partial charge in [-0.25, -0.2) is 4.39 Å². The molecule has 4 heteroatoms. The Balaban J connectivity index is 2.70. The first-order valence-electron chi connectivity index (χ1n) is 6.17. The van der Waals surface area contributed by atoms with Crippen LogP contribution in [0, 0.1) is 5.82 Å². The molecule has 1 rings (SSSR count). The van der Waals surface area contributed by atoms with Gasteiger partial charge in [0.1, 0.15) is 5.82 Å². The number of alkyl halides is 1. The molecule has 0 unspecified atom stereocenters. The zero-order valence-electron chi connectivity index (χ0n) is 10.8. The van der Waals surface area contributed by atoms with E-state index < -0.39 is 0 Å². The van der Waals surface area contributed by atoms with Crippen molar-refractivity contribution in [1.82, 2.24) is 5.32 Å². The zero-order valence-corrected chi connectivity index (χ0v) is 12.4. The number of carbonyl (C=O) groups excluding carboxylic acids is 1. The van der Waals surface area contributed by atoms with Gasteiger partial charge >= 0.3 is 0 Å². The average molecular weight is 316 g/mol. The normalized spacial score (nSPS) is 11.3. The fourth-order valence-corrected chi connectivity index (χ4v) is 2.74. The van der Waals surface area contributed by atoms with Crippen LogP contribution < -0.4 is 5.32 Å². The molecule has 0 radical (unpaired) electrons. The molecular formula is C14H19BrFNO. The van der Waals surface area contributed by atoms with Crippen LogP contribution in [0.15, 0.2) is 24.3 Å². The Morgan fingerprint density at radius 3 is 2.44 bits per heavy atom. The number of benzene rings is 1. The van der Waals surface area contributed by atoms with Crippen LogP contribution in [0.25, 0.3) is 0 Å². The number of nitrogens with one attached hydrogen (secondary N) is 1. The molecule has 0 fully saturated rings. The van der Waals surface area contributed by atoms with E-state index in [-0.39, 0.29) is 23.7 Å². The van der Waals surface area contributed by atoms with Crippen LogP contribution in [-0.4, -0.2) is 16.8 Å². The van der Waals surface area contributed by atoms with Gasteiger partial charge in [-0.15, -0.1) is 0 Å². The largest absolute Gasteiger partial charge is 0.350 e. The summed E-state index contributed by atoms with van der Waals surface area (Å²) in [5.74, 6) is -0.465. The molecule has 0 atom stereocenters. The van der Waals surface area contributed by atoms with Crippen molar-refractivity contribution in [3.05, 3.63) is 35.6 Å². The molecule has 0 heterocycles. The van der Waals surface area contributed by atoms with Gasteiger partial charge in [0.25, 0.3) is 0 Å². The molecule has 0 aromatic heterocycles. The third-order valence-electron chi connectivity index (χ3n) is 3.32. The van der Waals surface area contributed by atoms with Crippen molar-refractivity contribution in [2.75, 3.05) is 5.33 Å². The lowest BCUT2D eigenvalue weighted by Gasteiger charge is -2.31.